The fourth-order valence-corrected chi connectivity index (χ4v) is 1.87. The molecule has 0 bridgehead atoms. The summed E-state index contributed by atoms with van der Waals surface area (Å²) in [4.78, 5) is 16.7. The maximum absolute atomic E-state index is 12.9. The molecule has 17 heavy (non-hydrogen) atoms. The number of aromatic nitrogens is 1. The highest BCUT2D eigenvalue weighted by atomic mass is 35.5. The standard InChI is InChI=1S/C11H9FN2OS.ClH/c1-7-6-13-11(16-7)14-10(15)8-3-2-4-9(12)5-8;/h2-6H,1H3,(H,13,14,15);1H. The number of hydrogen-bond acceptors (Lipinski definition) is 3. The molecular weight excluding hydrogens is 263 g/mol. The van der Waals surface area contributed by atoms with Crippen molar-refractivity contribution >= 4 is 34.8 Å². The van der Waals surface area contributed by atoms with E-state index in [4.69, 9.17) is 0 Å². The highest BCUT2D eigenvalue weighted by molar-refractivity contribution is 7.15. The monoisotopic (exact) mass is 272 g/mol. The minimum atomic E-state index is -0.428. The lowest BCUT2D eigenvalue weighted by Crippen LogP contribution is -2.11. The van der Waals surface area contributed by atoms with E-state index in [1.54, 1.807) is 12.3 Å². The van der Waals surface area contributed by atoms with Gasteiger partial charge in [0.15, 0.2) is 5.13 Å². The Bertz CT molecular complexity index is 530. The van der Waals surface area contributed by atoms with Crippen LogP contribution in [-0.2, 0) is 0 Å². The molecule has 6 heteroatoms. The quantitative estimate of drug-likeness (QED) is 0.912. The fourth-order valence-electron chi connectivity index (χ4n) is 1.21. The summed E-state index contributed by atoms with van der Waals surface area (Å²) in [5, 5.41) is 3.13. The van der Waals surface area contributed by atoms with Crippen LogP contribution in [0.3, 0.4) is 0 Å². The number of carbonyl (C=O) groups excluding carboxylic acids is 1. The van der Waals surface area contributed by atoms with Crippen molar-refractivity contribution in [3.8, 4) is 0 Å². The van der Waals surface area contributed by atoms with E-state index in [2.05, 4.69) is 10.3 Å². The van der Waals surface area contributed by atoms with Crippen molar-refractivity contribution < 1.29 is 9.18 Å². The summed E-state index contributed by atoms with van der Waals surface area (Å²) in [6, 6.07) is 5.54. The first-order valence-corrected chi connectivity index (χ1v) is 5.46. The van der Waals surface area contributed by atoms with Crippen LogP contribution in [0.15, 0.2) is 30.5 Å². The van der Waals surface area contributed by atoms with Crippen LogP contribution in [0.5, 0.6) is 0 Å². The van der Waals surface area contributed by atoms with Gasteiger partial charge in [0.2, 0.25) is 0 Å². The zero-order valence-electron chi connectivity index (χ0n) is 8.94. The molecule has 1 amide bonds. The Hall–Kier alpha value is -1.46. The molecule has 0 aliphatic carbocycles. The number of benzene rings is 1. The summed E-state index contributed by atoms with van der Waals surface area (Å²) in [6.07, 6.45) is 1.67. The summed E-state index contributed by atoms with van der Waals surface area (Å²) < 4.78 is 12.9. The van der Waals surface area contributed by atoms with Gasteiger partial charge in [-0.1, -0.05) is 6.07 Å². The van der Waals surface area contributed by atoms with Crippen molar-refractivity contribution in [2.75, 3.05) is 5.32 Å². The molecule has 90 valence electrons. The smallest absolute Gasteiger partial charge is 0.257 e. The molecule has 2 aromatic rings. The summed E-state index contributed by atoms with van der Waals surface area (Å²) in [5.41, 5.74) is 0.285. The minimum Gasteiger partial charge on any atom is -0.298 e. The Morgan fingerprint density at radius 1 is 1.47 bits per heavy atom. The lowest BCUT2D eigenvalue weighted by atomic mass is 10.2. The first kappa shape index (κ1) is 13.6. The molecule has 1 heterocycles. The lowest BCUT2D eigenvalue weighted by Gasteiger charge is -2.01. The van der Waals surface area contributed by atoms with Crippen LogP contribution in [-0.4, -0.2) is 10.9 Å². The third kappa shape index (κ3) is 3.51. The molecule has 0 saturated heterocycles. The molecule has 1 aromatic heterocycles. The van der Waals surface area contributed by atoms with Crippen molar-refractivity contribution in [1.29, 1.82) is 0 Å². The molecule has 2 rings (SSSR count). The largest absolute Gasteiger partial charge is 0.298 e. The van der Waals surface area contributed by atoms with Gasteiger partial charge >= 0.3 is 0 Å². The summed E-state index contributed by atoms with van der Waals surface area (Å²) in [6.45, 7) is 1.90. The van der Waals surface area contributed by atoms with Gasteiger partial charge in [-0.3, -0.25) is 10.1 Å². The van der Waals surface area contributed by atoms with Crippen LogP contribution in [0, 0.1) is 12.7 Å². The maximum atomic E-state index is 12.9. The van der Waals surface area contributed by atoms with E-state index in [0.29, 0.717) is 5.13 Å². The van der Waals surface area contributed by atoms with Crippen LogP contribution >= 0.6 is 23.7 Å². The second-order valence-electron chi connectivity index (χ2n) is 3.24. The number of anilines is 1. The van der Waals surface area contributed by atoms with Crippen LogP contribution in [0.2, 0.25) is 0 Å². The lowest BCUT2D eigenvalue weighted by molar-refractivity contribution is 0.102. The number of rotatable bonds is 2. The number of halogens is 2. The Balaban J connectivity index is 0.00000144. The van der Waals surface area contributed by atoms with Crippen LogP contribution < -0.4 is 5.32 Å². The molecule has 1 N–H and O–H groups in total. The van der Waals surface area contributed by atoms with Crippen molar-refractivity contribution in [3.05, 3.63) is 46.7 Å². The summed E-state index contributed by atoms with van der Waals surface area (Å²) in [7, 11) is 0. The van der Waals surface area contributed by atoms with Crippen molar-refractivity contribution in [2.45, 2.75) is 6.92 Å². The highest BCUT2D eigenvalue weighted by Gasteiger charge is 2.08. The number of aryl methyl sites for hydroxylation is 1. The van der Waals surface area contributed by atoms with Gasteiger partial charge in [0.05, 0.1) is 0 Å². The molecule has 0 fully saturated rings. The van der Waals surface area contributed by atoms with Gasteiger partial charge in [-0.2, -0.15) is 0 Å². The van der Waals surface area contributed by atoms with Crippen molar-refractivity contribution in [2.24, 2.45) is 0 Å². The second kappa shape index (κ2) is 5.75. The summed E-state index contributed by atoms with van der Waals surface area (Å²) in [5.74, 6) is -0.781. The van der Waals surface area contributed by atoms with E-state index in [1.165, 1.54) is 29.5 Å². The molecule has 0 saturated carbocycles. The van der Waals surface area contributed by atoms with E-state index >= 15 is 0 Å². The SMILES string of the molecule is Cc1cnc(NC(=O)c2cccc(F)c2)s1.Cl. The van der Waals surface area contributed by atoms with Gasteiger partial charge in [0.1, 0.15) is 5.82 Å². The van der Waals surface area contributed by atoms with Gasteiger partial charge in [-0.05, 0) is 25.1 Å². The molecule has 0 aliphatic heterocycles. The molecule has 1 aromatic carbocycles. The fraction of sp³-hybridized carbons (Fsp3) is 0.0909. The summed E-state index contributed by atoms with van der Waals surface area (Å²) >= 11 is 1.38. The van der Waals surface area contributed by atoms with Gasteiger partial charge < -0.3 is 0 Å². The van der Waals surface area contributed by atoms with E-state index < -0.39 is 5.82 Å². The van der Waals surface area contributed by atoms with Crippen molar-refractivity contribution in [1.82, 2.24) is 4.98 Å². The number of nitrogens with zero attached hydrogens (tertiary/aromatic N) is 1. The number of carbonyl (C=O) groups is 1. The topological polar surface area (TPSA) is 42.0 Å². The van der Waals surface area contributed by atoms with Gasteiger partial charge in [-0.15, -0.1) is 23.7 Å². The number of nitrogens with one attached hydrogen (secondary N) is 1. The molecule has 0 atom stereocenters. The predicted octanol–water partition coefficient (Wildman–Crippen LogP) is 3.26. The van der Waals surface area contributed by atoms with Gasteiger partial charge in [0.25, 0.3) is 5.91 Å². The average Bonchev–Trinajstić information content (AvgIpc) is 2.64. The molecule has 0 aliphatic rings. The number of hydrogen-bond donors (Lipinski definition) is 1. The Morgan fingerprint density at radius 2 is 2.24 bits per heavy atom. The Labute approximate surface area is 108 Å². The molecular formula is C11H10ClFN2OS. The zero-order chi connectivity index (χ0) is 11.5. The molecule has 0 spiro atoms. The van der Waals surface area contributed by atoms with Crippen LogP contribution in [0.4, 0.5) is 9.52 Å². The first-order chi connectivity index (χ1) is 7.65. The van der Waals surface area contributed by atoms with E-state index in [0.717, 1.165) is 4.88 Å². The molecule has 0 unspecified atom stereocenters. The highest BCUT2D eigenvalue weighted by Crippen LogP contribution is 2.17. The third-order valence-electron chi connectivity index (χ3n) is 1.93. The van der Waals surface area contributed by atoms with E-state index in [-0.39, 0.29) is 23.9 Å². The predicted molar refractivity (Wildman–Crippen MR) is 68.5 cm³/mol. The minimum absolute atomic E-state index is 0. The zero-order valence-corrected chi connectivity index (χ0v) is 10.6. The number of thiazole rings is 1. The van der Waals surface area contributed by atoms with Gasteiger partial charge in [-0.25, -0.2) is 9.37 Å². The first-order valence-electron chi connectivity index (χ1n) is 4.64. The molecule has 0 radical (unpaired) electrons. The van der Waals surface area contributed by atoms with Crippen molar-refractivity contribution in [3.63, 3.8) is 0 Å². The van der Waals surface area contributed by atoms with E-state index in [9.17, 15) is 9.18 Å². The average molecular weight is 273 g/mol. The second-order valence-corrected chi connectivity index (χ2v) is 4.48. The van der Waals surface area contributed by atoms with E-state index in [1.807, 2.05) is 6.92 Å². The van der Waals surface area contributed by atoms with Crippen LogP contribution in [0.25, 0.3) is 0 Å². The Kier molecular flexibility index (Phi) is 4.60. The normalized spacial score (nSPS) is 9.53. The Morgan fingerprint density at radius 3 is 2.82 bits per heavy atom. The number of amides is 1. The van der Waals surface area contributed by atoms with Gasteiger partial charge in [0, 0.05) is 16.6 Å². The maximum Gasteiger partial charge on any atom is 0.257 e. The third-order valence-corrected chi connectivity index (χ3v) is 2.76. The molecule has 3 nitrogen and oxygen atoms in total. The van der Waals surface area contributed by atoms with Crippen LogP contribution in [0.1, 0.15) is 15.2 Å².